The first-order chi connectivity index (χ1) is 11.4. The summed E-state index contributed by atoms with van der Waals surface area (Å²) in [5.74, 6) is -0.151. The summed E-state index contributed by atoms with van der Waals surface area (Å²) in [5.41, 5.74) is 8.34. The monoisotopic (exact) mass is 328 g/mol. The first-order valence-corrected chi connectivity index (χ1v) is 7.39. The fourth-order valence-corrected chi connectivity index (χ4v) is 2.16. The molecule has 0 unspecified atom stereocenters. The number of nitrogens with one attached hydrogen (secondary N) is 1. The summed E-state index contributed by atoms with van der Waals surface area (Å²) in [6.07, 6.45) is 0. The molecule has 0 fully saturated rings. The number of benzene rings is 2. The lowest BCUT2D eigenvalue weighted by molar-refractivity contribution is -0.119. The standard InChI is InChI=1S/C18H20N2O4/c1-11-5-4-6-14(12(11)2)20-18(22)13-7-8-15(16(9-13)23-3)24-10-17(19)21/h4-9H,10H2,1-3H3,(H2,19,21)(H,20,22). The SMILES string of the molecule is COc1cc(C(=O)Nc2cccc(C)c2C)ccc1OCC(N)=O. The van der Waals surface area contributed by atoms with E-state index in [4.69, 9.17) is 15.2 Å². The van der Waals surface area contributed by atoms with Crippen LogP contribution in [0, 0.1) is 13.8 Å². The minimum absolute atomic E-state index is 0.260. The second kappa shape index (κ2) is 7.50. The summed E-state index contributed by atoms with van der Waals surface area (Å²) in [6.45, 7) is 3.68. The molecule has 24 heavy (non-hydrogen) atoms. The highest BCUT2D eigenvalue weighted by Gasteiger charge is 2.13. The quantitative estimate of drug-likeness (QED) is 0.852. The van der Waals surface area contributed by atoms with Gasteiger partial charge in [-0.3, -0.25) is 9.59 Å². The van der Waals surface area contributed by atoms with Gasteiger partial charge in [-0.25, -0.2) is 0 Å². The second-order valence-electron chi connectivity index (χ2n) is 5.32. The van der Waals surface area contributed by atoms with Crippen molar-refractivity contribution in [2.75, 3.05) is 19.0 Å². The van der Waals surface area contributed by atoms with Gasteiger partial charge < -0.3 is 20.5 Å². The smallest absolute Gasteiger partial charge is 0.255 e. The van der Waals surface area contributed by atoms with Crippen molar-refractivity contribution in [1.29, 1.82) is 0 Å². The Morgan fingerprint density at radius 1 is 1.12 bits per heavy atom. The van der Waals surface area contributed by atoms with Crippen LogP contribution in [-0.4, -0.2) is 25.5 Å². The van der Waals surface area contributed by atoms with Crippen LogP contribution in [0.4, 0.5) is 5.69 Å². The van der Waals surface area contributed by atoms with Crippen LogP contribution < -0.4 is 20.5 Å². The Morgan fingerprint density at radius 2 is 1.88 bits per heavy atom. The number of amides is 2. The van der Waals surface area contributed by atoms with E-state index in [1.54, 1.807) is 18.2 Å². The third kappa shape index (κ3) is 4.04. The van der Waals surface area contributed by atoms with Crippen molar-refractivity contribution >= 4 is 17.5 Å². The van der Waals surface area contributed by atoms with Crippen LogP contribution in [0.15, 0.2) is 36.4 Å². The number of carbonyl (C=O) groups excluding carboxylic acids is 2. The summed E-state index contributed by atoms with van der Waals surface area (Å²) < 4.78 is 10.5. The number of hydrogen-bond donors (Lipinski definition) is 2. The molecule has 0 saturated carbocycles. The van der Waals surface area contributed by atoms with Crippen LogP contribution in [-0.2, 0) is 4.79 Å². The maximum Gasteiger partial charge on any atom is 0.255 e. The molecule has 126 valence electrons. The molecule has 0 heterocycles. The molecule has 6 heteroatoms. The van der Waals surface area contributed by atoms with Crippen molar-refractivity contribution in [3.63, 3.8) is 0 Å². The third-order valence-corrected chi connectivity index (χ3v) is 3.65. The zero-order valence-electron chi connectivity index (χ0n) is 13.9. The summed E-state index contributed by atoms with van der Waals surface area (Å²) >= 11 is 0. The number of anilines is 1. The Balaban J connectivity index is 2.20. The Kier molecular flexibility index (Phi) is 5.42. The number of hydrogen-bond acceptors (Lipinski definition) is 4. The van der Waals surface area contributed by atoms with E-state index in [0.717, 1.165) is 16.8 Å². The summed E-state index contributed by atoms with van der Waals surface area (Å²) in [7, 11) is 1.46. The number of ether oxygens (including phenoxy) is 2. The fraction of sp³-hybridized carbons (Fsp3) is 0.222. The molecule has 2 rings (SSSR count). The number of aryl methyl sites for hydroxylation is 1. The average molecular weight is 328 g/mol. The Morgan fingerprint density at radius 3 is 2.54 bits per heavy atom. The van der Waals surface area contributed by atoms with Gasteiger partial charge in [-0.2, -0.15) is 0 Å². The van der Waals surface area contributed by atoms with E-state index < -0.39 is 5.91 Å². The van der Waals surface area contributed by atoms with Gasteiger partial charge in [0.1, 0.15) is 0 Å². The normalized spacial score (nSPS) is 10.1. The van der Waals surface area contributed by atoms with Gasteiger partial charge in [0.05, 0.1) is 7.11 Å². The molecule has 0 spiro atoms. The van der Waals surface area contributed by atoms with E-state index in [9.17, 15) is 9.59 Å². The first-order valence-electron chi connectivity index (χ1n) is 7.39. The third-order valence-electron chi connectivity index (χ3n) is 3.65. The highest BCUT2D eigenvalue weighted by Crippen LogP contribution is 2.28. The fourth-order valence-electron chi connectivity index (χ4n) is 2.16. The Bertz CT molecular complexity index is 772. The molecular formula is C18H20N2O4. The molecule has 2 aromatic carbocycles. The Labute approximate surface area is 140 Å². The van der Waals surface area contributed by atoms with E-state index in [1.165, 1.54) is 7.11 Å². The predicted molar refractivity (Wildman–Crippen MR) is 91.6 cm³/mol. The lowest BCUT2D eigenvalue weighted by atomic mass is 10.1. The lowest BCUT2D eigenvalue weighted by Gasteiger charge is -2.13. The van der Waals surface area contributed by atoms with Crippen LogP contribution in [0.2, 0.25) is 0 Å². The van der Waals surface area contributed by atoms with Gasteiger partial charge >= 0.3 is 0 Å². The molecule has 0 aliphatic heterocycles. The molecule has 0 bridgehead atoms. The average Bonchev–Trinajstić information content (AvgIpc) is 2.56. The second-order valence-corrected chi connectivity index (χ2v) is 5.32. The maximum atomic E-state index is 12.4. The molecule has 0 aliphatic carbocycles. The highest BCUT2D eigenvalue weighted by atomic mass is 16.5. The van der Waals surface area contributed by atoms with E-state index in [-0.39, 0.29) is 12.5 Å². The van der Waals surface area contributed by atoms with Gasteiger partial charge in [0.2, 0.25) is 0 Å². The minimum Gasteiger partial charge on any atom is -0.493 e. The number of methoxy groups -OCH3 is 1. The molecular weight excluding hydrogens is 308 g/mol. The maximum absolute atomic E-state index is 12.4. The first kappa shape index (κ1) is 17.3. The number of rotatable bonds is 6. The summed E-state index contributed by atoms with van der Waals surface area (Å²) in [4.78, 5) is 23.2. The van der Waals surface area contributed by atoms with E-state index in [2.05, 4.69) is 5.32 Å². The topological polar surface area (TPSA) is 90.7 Å². The number of primary amides is 1. The van der Waals surface area contributed by atoms with Gasteiger partial charge in [0, 0.05) is 11.3 Å². The van der Waals surface area contributed by atoms with Crippen LogP contribution in [0.25, 0.3) is 0 Å². The molecule has 6 nitrogen and oxygen atoms in total. The zero-order valence-corrected chi connectivity index (χ0v) is 13.9. The number of nitrogens with two attached hydrogens (primary N) is 1. The van der Waals surface area contributed by atoms with Crippen molar-refractivity contribution in [3.05, 3.63) is 53.1 Å². The van der Waals surface area contributed by atoms with Gasteiger partial charge in [-0.05, 0) is 49.2 Å². The predicted octanol–water partition coefficient (Wildman–Crippen LogP) is 2.43. The summed E-state index contributed by atoms with van der Waals surface area (Å²) in [6, 6.07) is 10.4. The minimum atomic E-state index is -0.589. The van der Waals surface area contributed by atoms with Crippen LogP contribution >= 0.6 is 0 Å². The van der Waals surface area contributed by atoms with E-state index >= 15 is 0 Å². The van der Waals surface area contributed by atoms with Crippen molar-refractivity contribution < 1.29 is 19.1 Å². The molecule has 3 N–H and O–H groups in total. The van der Waals surface area contributed by atoms with Crippen molar-refractivity contribution in [3.8, 4) is 11.5 Å². The molecule has 0 saturated heterocycles. The highest BCUT2D eigenvalue weighted by molar-refractivity contribution is 6.05. The molecule has 2 amide bonds. The lowest BCUT2D eigenvalue weighted by Crippen LogP contribution is -2.20. The van der Waals surface area contributed by atoms with Crippen molar-refractivity contribution in [2.24, 2.45) is 5.73 Å². The van der Waals surface area contributed by atoms with Crippen molar-refractivity contribution in [2.45, 2.75) is 13.8 Å². The van der Waals surface area contributed by atoms with E-state index in [1.807, 2.05) is 32.0 Å². The van der Waals surface area contributed by atoms with Gasteiger partial charge in [0.15, 0.2) is 18.1 Å². The largest absolute Gasteiger partial charge is 0.493 e. The molecule has 2 aromatic rings. The van der Waals surface area contributed by atoms with Crippen LogP contribution in [0.3, 0.4) is 0 Å². The van der Waals surface area contributed by atoms with Gasteiger partial charge in [0.25, 0.3) is 11.8 Å². The van der Waals surface area contributed by atoms with E-state index in [0.29, 0.717) is 17.1 Å². The molecule has 0 aliphatic rings. The van der Waals surface area contributed by atoms with Crippen LogP contribution in [0.1, 0.15) is 21.5 Å². The molecule has 0 aromatic heterocycles. The number of carbonyl (C=O) groups is 2. The molecule has 0 atom stereocenters. The Hall–Kier alpha value is -3.02. The molecule has 0 radical (unpaired) electrons. The van der Waals surface area contributed by atoms with Gasteiger partial charge in [-0.15, -0.1) is 0 Å². The van der Waals surface area contributed by atoms with Crippen molar-refractivity contribution in [1.82, 2.24) is 0 Å². The van der Waals surface area contributed by atoms with Crippen LogP contribution in [0.5, 0.6) is 11.5 Å². The zero-order chi connectivity index (χ0) is 17.7. The summed E-state index contributed by atoms with van der Waals surface area (Å²) in [5, 5.41) is 2.88. The van der Waals surface area contributed by atoms with Gasteiger partial charge in [-0.1, -0.05) is 12.1 Å².